The van der Waals surface area contributed by atoms with Crippen LogP contribution in [0.15, 0.2) is 48.8 Å². The highest BCUT2D eigenvalue weighted by molar-refractivity contribution is 5.94. The number of aromatic nitrogens is 1. The fourth-order valence-electron chi connectivity index (χ4n) is 4.24. The molecule has 0 fully saturated rings. The number of amides is 1. The van der Waals surface area contributed by atoms with Crippen molar-refractivity contribution in [3.63, 3.8) is 0 Å². The summed E-state index contributed by atoms with van der Waals surface area (Å²) in [5.74, 6) is -0.115. The van der Waals surface area contributed by atoms with Gasteiger partial charge in [-0.2, -0.15) is 0 Å². The Bertz CT molecular complexity index is 815. The first-order valence-corrected chi connectivity index (χ1v) is 12.6. The van der Waals surface area contributed by atoms with Crippen LogP contribution in [0.1, 0.15) is 81.5 Å². The predicted octanol–water partition coefficient (Wildman–Crippen LogP) is 5.95. The van der Waals surface area contributed by atoms with Gasteiger partial charge >= 0.3 is 0 Å². The van der Waals surface area contributed by atoms with Gasteiger partial charge in [-0.1, -0.05) is 76.8 Å². The number of nitrogens with zero attached hydrogens (tertiary/aromatic N) is 3. The monoisotopic (exact) mass is 452 g/mol. The first-order valence-electron chi connectivity index (χ1n) is 12.6. The molecule has 1 aromatic carbocycles. The van der Waals surface area contributed by atoms with Gasteiger partial charge in [-0.05, 0) is 30.7 Å². The highest BCUT2D eigenvalue weighted by Gasteiger charge is 2.25. The van der Waals surface area contributed by atoms with Gasteiger partial charge in [-0.25, -0.2) is 0 Å². The zero-order chi connectivity index (χ0) is 23.1. The number of fused-ring (bicyclic) bond motifs is 1. The van der Waals surface area contributed by atoms with E-state index in [1.165, 1.54) is 57.8 Å². The van der Waals surface area contributed by atoms with Crippen molar-refractivity contribution in [2.24, 2.45) is 0 Å². The average molecular weight is 453 g/mol. The number of pyridine rings is 1. The molecular formula is C27H40N4O2. The molecular weight excluding hydrogens is 412 g/mol. The van der Waals surface area contributed by atoms with Crippen molar-refractivity contribution >= 4 is 17.3 Å². The van der Waals surface area contributed by atoms with Crippen molar-refractivity contribution in [3.05, 3.63) is 54.4 Å². The van der Waals surface area contributed by atoms with Crippen molar-refractivity contribution in [1.29, 1.82) is 0 Å². The SMILES string of the molecule is CCCCCCCCCCCCOCN1CN(CNC(=O)c2cccnc2)c2ccccc21. The zero-order valence-electron chi connectivity index (χ0n) is 20.2. The van der Waals surface area contributed by atoms with Crippen LogP contribution in [0.2, 0.25) is 0 Å². The van der Waals surface area contributed by atoms with Gasteiger partial charge in [-0.3, -0.25) is 9.78 Å². The molecule has 0 aliphatic carbocycles. The molecule has 1 N–H and O–H groups in total. The summed E-state index contributed by atoms with van der Waals surface area (Å²) in [6.07, 6.45) is 16.6. The van der Waals surface area contributed by atoms with Crippen LogP contribution in [0, 0.1) is 0 Å². The van der Waals surface area contributed by atoms with Crippen LogP contribution < -0.4 is 15.1 Å². The molecule has 1 aromatic heterocycles. The van der Waals surface area contributed by atoms with E-state index in [1.807, 2.05) is 12.1 Å². The van der Waals surface area contributed by atoms with Gasteiger partial charge in [0.05, 0.1) is 30.3 Å². The maximum Gasteiger partial charge on any atom is 0.254 e. The summed E-state index contributed by atoms with van der Waals surface area (Å²) in [7, 11) is 0. The lowest BCUT2D eigenvalue weighted by atomic mass is 10.1. The summed E-state index contributed by atoms with van der Waals surface area (Å²) < 4.78 is 5.99. The van der Waals surface area contributed by atoms with Crippen molar-refractivity contribution < 1.29 is 9.53 Å². The molecule has 3 rings (SSSR count). The number of hydrogen-bond acceptors (Lipinski definition) is 5. The first kappa shape index (κ1) is 25.0. The van der Waals surface area contributed by atoms with Gasteiger partial charge in [0.2, 0.25) is 0 Å². The Labute approximate surface area is 199 Å². The minimum atomic E-state index is -0.115. The zero-order valence-corrected chi connectivity index (χ0v) is 20.2. The van der Waals surface area contributed by atoms with Crippen molar-refractivity contribution in [1.82, 2.24) is 10.3 Å². The number of ether oxygens (including phenoxy) is 1. The standard InChI is InChI=1S/C27H40N4O2/c1-2-3-4-5-6-7-8-9-10-13-19-33-23-31-22-30(25-16-11-12-17-26(25)31)21-29-27(32)24-15-14-18-28-20-24/h11-12,14-18,20H,2-10,13,19,21-23H2,1H3,(H,29,32). The van der Waals surface area contributed by atoms with E-state index in [9.17, 15) is 4.79 Å². The Balaban J connectivity index is 1.31. The lowest BCUT2D eigenvalue weighted by molar-refractivity contribution is 0.0953. The number of unbranched alkanes of at least 4 members (excludes halogenated alkanes) is 9. The summed E-state index contributed by atoms with van der Waals surface area (Å²) in [6.45, 7) is 4.78. The second kappa shape index (κ2) is 14.5. The molecule has 6 heteroatoms. The molecule has 0 bridgehead atoms. The molecule has 1 aliphatic rings. The fourth-order valence-corrected chi connectivity index (χ4v) is 4.24. The summed E-state index contributed by atoms with van der Waals surface area (Å²) in [5, 5.41) is 3.00. The number of carbonyl (C=O) groups excluding carboxylic acids is 1. The topological polar surface area (TPSA) is 57.7 Å². The maximum atomic E-state index is 12.4. The third kappa shape index (κ3) is 8.35. The third-order valence-electron chi connectivity index (χ3n) is 6.15. The molecule has 0 atom stereocenters. The fraction of sp³-hybridized carbons (Fsp3) is 0.556. The number of nitrogens with one attached hydrogen (secondary N) is 1. The average Bonchev–Trinajstić information content (AvgIpc) is 3.21. The Morgan fingerprint density at radius 3 is 2.24 bits per heavy atom. The Kier molecular flexibility index (Phi) is 11.0. The molecule has 0 saturated heterocycles. The normalized spacial score (nSPS) is 12.8. The molecule has 1 aliphatic heterocycles. The largest absolute Gasteiger partial charge is 0.361 e. The summed E-state index contributed by atoms with van der Waals surface area (Å²) in [4.78, 5) is 20.8. The van der Waals surface area contributed by atoms with Crippen LogP contribution >= 0.6 is 0 Å². The maximum absolute atomic E-state index is 12.4. The van der Waals surface area contributed by atoms with Crippen LogP contribution in [-0.2, 0) is 4.74 Å². The van der Waals surface area contributed by atoms with E-state index in [2.05, 4.69) is 39.2 Å². The number of anilines is 2. The predicted molar refractivity (Wildman–Crippen MR) is 136 cm³/mol. The van der Waals surface area contributed by atoms with Crippen LogP contribution in [0.5, 0.6) is 0 Å². The number of para-hydroxylation sites is 2. The van der Waals surface area contributed by atoms with Crippen molar-refractivity contribution in [2.45, 2.75) is 71.1 Å². The van der Waals surface area contributed by atoms with Crippen LogP contribution in [0.25, 0.3) is 0 Å². The van der Waals surface area contributed by atoms with Gasteiger partial charge in [0.25, 0.3) is 5.91 Å². The third-order valence-corrected chi connectivity index (χ3v) is 6.15. The van der Waals surface area contributed by atoms with Crippen LogP contribution in [-0.4, -0.2) is 37.6 Å². The van der Waals surface area contributed by atoms with Gasteiger partial charge in [0.15, 0.2) is 0 Å². The number of hydrogen-bond donors (Lipinski definition) is 1. The molecule has 2 aromatic rings. The molecule has 2 heterocycles. The van der Waals surface area contributed by atoms with Gasteiger partial charge < -0.3 is 19.9 Å². The summed E-state index contributed by atoms with van der Waals surface area (Å²) in [6, 6.07) is 11.8. The lowest BCUT2D eigenvalue weighted by Gasteiger charge is -2.22. The minimum Gasteiger partial charge on any atom is -0.361 e. The molecule has 0 unspecified atom stereocenters. The number of rotatable bonds is 16. The summed E-state index contributed by atoms with van der Waals surface area (Å²) >= 11 is 0. The minimum absolute atomic E-state index is 0.115. The highest BCUT2D eigenvalue weighted by Crippen LogP contribution is 2.34. The summed E-state index contributed by atoms with van der Waals surface area (Å²) in [5.41, 5.74) is 2.84. The van der Waals surface area contributed by atoms with E-state index in [0.29, 0.717) is 25.6 Å². The molecule has 33 heavy (non-hydrogen) atoms. The molecule has 6 nitrogen and oxygen atoms in total. The van der Waals surface area contributed by atoms with Gasteiger partial charge in [0, 0.05) is 19.0 Å². The molecule has 180 valence electrons. The first-order chi connectivity index (χ1) is 16.3. The van der Waals surface area contributed by atoms with E-state index in [0.717, 1.165) is 24.4 Å². The Morgan fingerprint density at radius 2 is 1.58 bits per heavy atom. The number of carbonyl (C=O) groups is 1. The van der Waals surface area contributed by atoms with E-state index in [1.54, 1.807) is 24.5 Å². The second-order valence-electron chi connectivity index (χ2n) is 8.83. The lowest BCUT2D eigenvalue weighted by Crippen LogP contribution is -2.40. The van der Waals surface area contributed by atoms with Crippen LogP contribution in [0.4, 0.5) is 11.4 Å². The number of benzene rings is 1. The van der Waals surface area contributed by atoms with Crippen LogP contribution in [0.3, 0.4) is 0 Å². The Morgan fingerprint density at radius 1 is 0.909 bits per heavy atom. The quantitative estimate of drug-likeness (QED) is 0.319. The van der Waals surface area contributed by atoms with Crippen molar-refractivity contribution in [3.8, 4) is 0 Å². The molecule has 1 amide bonds. The van der Waals surface area contributed by atoms with Crippen molar-refractivity contribution in [2.75, 3.05) is 36.5 Å². The second-order valence-corrected chi connectivity index (χ2v) is 8.83. The van der Waals surface area contributed by atoms with E-state index >= 15 is 0 Å². The molecule has 0 radical (unpaired) electrons. The van der Waals surface area contributed by atoms with E-state index in [4.69, 9.17) is 4.74 Å². The molecule has 0 spiro atoms. The van der Waals surface area contributed by atoms with Gasteiger partial charge in [-0.15, -0.1) is 0 Å². The highest BCUT2D eigenvalue weighted by atomic mass is 16.5. The van der Waals surface area contributed by atoms with Gasteiger partial charge in [0.1, 0.15) is 6.73 Å². The Hall–Kier alpha value is -2.60. The molecule has 0 saturated carbocycles. The van der Waals surface area contributed by atoms with E-state index in [-0.39, 0.29) is 5.91 Å². The van der Waals surface area contributed by atoms with E-state index < -0.39 is 0 Å². The smallest absolute Gasteiger partial charge is 0.254 e.